The predicted molar refractivity (Wildman–Crippen MR) is 126 cm³/mol. The van der Waals surface area contributed by atoms with Crippen molar-refractivity contribution in [2.24, 2.45) is 0 Å². The Kier molecular flexibility index (Phi) is 7.26. The number of aromatic carboxylic acids is 1. The lowest BCUT2D eigenvalue weighted by atomic mass is 10.2. The van der Waals surface area contributed by atoms with E-state index < -0.39 is 29.6 Å². The standard InChI is InChI=1S/C22H15F2N3O7S2/c1-32-15-6-13(24)14(26-22(31)27-34-21(30)19-10(20(28)29)4-5-35-19)7-16(15)33-8-11-12(23)2-3-17-18(11)25-9-36-17/h2-7,9H,8H2,1H3,(H,28,29)(H2,26,27,31). The summed E-state index contributed by atoms with van der Waals surface area (Å²) in [7, 11) is 1.28. The third-order valence-corrected chi connectivity index (χ3v) is 6.43. The average molecular weight is 536 g/mol. The van der Waals surface area contributed by atoms with Crippen molar-refractivity contribution in [3.8, 4) is 11.5 Å². The molecule has 0 aliphatic carbocycles. The molecule has 3 N–H and O–H groups in total. The monoisotopic (exact) mass is 535 g/mol. The van der Waals surface area contributed by atoms with Crippen LogP contribution in [0.1, 0.15) is 25.6 Å². The van der Waals surface area contributed by atoms with Gasteiger partial charge in [-0.25, -0.2) is 28.1 Å². The molecular weight excluding hydrogens is 520 g/mol. The normalized spacial score (nSPS) is 10.6. The Morgan fingerprint density at radius 2 is 1.89 bits per heavy atom. The number of thiazole rings is 1. The van der Waals surface area contributed by atoms with Gasteiger partial charge in [-0.1, -0.05) is 0 Å². The third-order valence-electron chi connectivity index (χ3n) is 4.74. The molecule has 0 atom stereocenters. The second kappa shape index (κ2) is 10.5. The average Bonchev–Trinajstić information content (AvgIpc) is 3.53. The SMILES string of the molecule is COc1cc(F)c(NC(=O)NOC(=O)c2sccc2C(=O)O)cc1OCc1c(F)ccc2scnc12. The number of nitrogens with one attached hydrogen (secondary N) is 2. The third kappa shape index (κ3) is 5.18. The number of methoxy groups -OCH3 is 1. The molecule has 4 aromatic rings. The molecule has 0 unspecified atom stereocenters. The fourth-order valence-electron chi connectivity index (χ4n) is 3.08. The van der Waals surface area contributed by atoms with Crippen LogP contribution in [0.4, 0.5) is 19.3 Å². The molecule has 186 valence electrons. The Balaban J connectivity index is 1.46. The minimum Gasteiger partial charge on any atom is -0.493 e. The number of thiophene rings is 1. The number of hydrogen-bond donors (Lipinski definition) is 3. The molecule has 0 aliphatic heterocycles. The van der Waals surface area contributed by atoms with Crippen LogP contribution in [0.3, 0.4) is 0 Å². The highest BCUT2D eigenvalue weighted by Gasteiger charge is 2.21. The maximum atomic E-state index is 14.5. The summed E-state index contributed by atoms with van der Waals surface area (Å²) in [6.45, 7) is -0.259. The summed E-state index contributed by atoms with van der Waals surface area (Å²) in [6, 6.07) is 5.01. The van der Waals surface area contributed by atoms with Gasteiger partial charge in [-0.15, -0.1) is 22.7 Å². The summed E-state index contributed by atoms with van der Waals surface area (Å²) in [6.07, 6.45) is 0. The van der Waals surface area contributed by atoms with Crippen molar-refractivity contribution in [2.45, 2.75) is 6.61 Å². The molecule has 2 aromatic heterocycles. The number of amides is 2. The van der Waals surface area contributed by atoms with Crippen molar-refractivity contribution >= 4 is 56.5 Å². The first kappa shape index (κ1) is 24.8. The Morgan fingerprint density at radius 3 is 2.64 bits per heavy atom. The number of hydrogen-bond acceptors (Lipinski definition) is 9. The van der Waals surface area contributed by atoms with Gasteiger partial charge < -0.3 is 24.7 Å². The van der Waals surface area contributed by atoms with E-state index in [1.807, 2.05) is 0 Å². The van der Waals surface area contributed by atoms with Gasteiger partial charge in [0.15, 0.2) is 17.3 Å². The zero-order valence-electron chi connectivity index (χ0n) is 18.2. The number of carbonyl (C=O) groups excluding carboxylic acids is 2. The highest BCUT2D eigenvalue weighted by atomic mass is 32.1. The molecule has 0 radical (unpaired) electrons. The largest absolute Gasteiger partial charge is 0.493 e. The zero-order chi connectivity index (χ0) is 25.8. The summed E-state index contributed by atoms with van der Waals surface area (Å²) in [5.41, 5.74) is 3.29. The minimum absolute atomic E-state index is 0.0116. The summed E-state index contributed by atoms with van der Waals surface area (Å²) >= 11 is 2.14. The Bertz CT molecular complexity index is 1470. The number of rotatable bonds is 7. The molecule has 2 amide bonds. The molecule has 2 heterocycles. The Hall–Kier alpha value is -4.30. The second-order valence-electron chi connectivity index (χ2n) is 6.91. The predicted octanol–water partition coefficient (Wildman–Crippen LogP) is 4.82. The highest BCUT2D eigenvalue weighted by molar-refractivity contribution is 7.16. The van der Waals surface area contributed by atoms with Crippen LogP contribution in [0.2, 0.25) is 0 Å². The van der Waals surface area contributed by atoms with E-state index in [0.717, 1.165) is 28.2 Å². The number of fused-ring (bicyclic) bond motifs is 1. The minimum atomic E-state index is -1.34. The number of carboxylic acid groups (broad SMARTS) is 1. The zero-order valence-corrected chi connectivity index (χ0v) is 19.8. The molecule has 0 aliphatic rings. The van der Waals surface area contributed by atoms with Crippen LogP contribution in [-0.2, 0) is 11.4 Å². The van der Waals surface area contributed by atoms with Crippen molar-refractivity contribution in [2.75, 3.05) is 12.4 Å². The highest BCUT2D eigenvalue weighted by Crippen LogP contribution is 2.34. The van der Waals surface area contributed by atoms with Gasteiger partial charge in [0.05, 0.1) is 39.7 Å². The van der Waals surface area contributed by atoms with Crippen LogP contribution in [0.25, 0.3) is 10.2 Å². The van der Waals surface area contributed by atoms with Gasteiger partial charge in [0.25, 0.3) is 0 Å². The topological polar surface area (TPSA) is 136 Å². The number of hydroxylamine groups is 1. The number of ether oxygens (including phenoxy) is 2. The maximum absolute atomic E-state index is 14.5. The summed E-state index contributed by atoms with van der Waals surface area (Å²) in [5.74, 6) is -3.93. The van der Waals surface area contributed by atoms with Crippen molar-refractivity contribution in [3.63, 3.8) is 0 Å². The van der Waals surface area contributed by atoms with E-state index in [1.54, 1.807) is 17.1 Å². The van der Waals surface area contributed by atoms with Crippen LogP contribution in [0.5, 0.6) is 11.5 Å². The number of anilines is 1. The smallest absolute Gasteiger partial charge is 0.373 e. The van der Waals surface area contributed by atoms with Gasteiger partial charge in [-0.05, 0) is 23.6 Å². The van der Waals surface area contributed by atoms with Gasteiger partial charge in [0, 0.05) is 12.1 Å². The van der Waals surface area contributed by atoms with Crippen molar-refractivity contribution < 1.29 is 42.6 Å². The van der Waals surface area contributed by atoms with Gasteiger partial charge >= 0.3 is 18.0 Å². The van der Waals surface area contributed by atoms with Gasteiger partial charge in [-0.3, -0.25) is 0 Å². The Labute approximate surface area is 209 Å². The summed E-state index contributed by atoms with van der Waals surface area (Å²) in [4.78, 5) is 43.8. The molecule has 0 bridgehead atoms. The first-order valence-electron chi connectivity index (χ1n) is 9.88. The van der Waals surface area contributed by atoms with E-state index in [-0.39, 0.29) is 39.8 Å². The molecule has 2 aromatic carbocycles. The van der Waals surface area contributed by atoms with E-state index in [4.69, 9.17) is 14.6 Å². The van der Waals surface area contributed by atoms with E-state index >= 15 is 0 Å². The number of aromatic nitrogens is 1. The van der Waals surface area contributed by atoms with E-state index in [2.05, 4.69) is 15.1 Å². The number of nitrogens with zero attached hydrogens (tertiary/aromatic N) is 1. The van der Waals surface area contributed by atoms with E-state index in [9.17, 15) is 23.2 Å². The van der Waals surface area contributed by atoms with Gasteiger partial charge in [0.1, 0.15) is 17.3 Å². The summed E-state index contributed by atoms with van der Waals surface area (Å²) in [5, 5.41) is 12.6. The number of benzene rings is 2. The molecule has 14 heteroatoms. The van der Waals surface area contributed by atoms with Crippen molar-refractivity contribution in [3.05, 3.63) is 68.9 Å². The molecule has 0 saturated carbocycles. The van der Waals surface area contributed by atoms with Crippen LogP contribution >= 0.6 is 22.7 Å². The van der Waals surface area contributed by atoms with Gasteiger partial charge in [-0.2, -0.15) is 5.48 Å². The van der Waals surface area contributed by atoms with Crippen molar-refractivity contribution in [1.29, 1.82) is 0 Å². The molecule has 4 rings (SSSR count). The lowest BCUT2D eigenvalue weighted by Crippen LogP contribution is -2.31. The van der Waals surface area contributed by atoms with E-state index in [0.29, 0.717) is 5.52 Å². The van der Waals surface area contributed by atoms with Crippen LogP contribution < -0.4 is 20.3 Å². The summed E-state index contributed by atoms with van der Waals surface area (Å²) < 4.78 is 40.4. The first-order chi connectivity index (χ1) is 17.3. The molecule has 0 spiro atoms. The van der Waals surface area contributed by atoms with Crippen LogP contribution in [0.15, 0.2) is 41.2 Å². The van der Waals surface area contributed by atoms with Gasteiger partial charge in [0.2, 0.25) is 0 Å². The van der Waals surface area contributed by atoms with Crippen LogP contribution in [-0.4, -0.2) is 35.2 Å². The lowest BCUT2D eigenvalue weighted by Gasteiger charge is -2.14. The Morgan fingerprint density at radius 1 is 1.08 bits per heavy atom. The van der Waals surface area contributed by atoms with Crippen LogP contribution in [0, 0.1) is 11.6 Å². The quantitative estimate of drug-likeness (QED) is 0.287. The molecule has 0 saturated heterocycles. The first-order valence-corrected chi connectivity index (χ1v) is 11.6. The molecule has 36 heavy (non-hydrogen) atoms. The second-order valence-corrected chi connectivity index (χ2v) is 8.71. The number of halogens is 2. The fraction of sp³-hybridized carbons (Fsp3) is 0.0909. The number of carbonyl (C=O) groups is 3. The molecule has 10 nitrogen and oxygen atoms in total. The fourth-order valence-corrected chi connectivity index (χ4v) is 4.54. The molecule has 0 fully saturated rings. The molecular formula is C22H15F2N3O7S2. The van der Waals surface area contributed by atoms with Crippen molar-refractivity contribution in [1.82, 2.24) is 10.5 Å². The van der Waals surface area contributed by atoms with E-state index in [1.165, 1.54) is 36.0 Å². The number of urea groups is 1. The lowest BCUT2D eigenvalue weighted by molar-refractivity contribution is 0.0340. The number of carboxylic acids is 1. The maximum Gasteiger partial charge on any atom is 0.373 e.